The third-order valence-corrected chi connectivity index (χ3v) is 5.59. The zero-order valence-electron chi connectivity index (χ0n) is 17.4. The predicted octanol–water partition coefficient (Wildman–Crippen LogP) is 4.68. The van der Waals surface area contributed by atoms with E-state index in [1.807, 2.05) is 51.1 Å². The number of rotatable bonds is 8. The molecular weight excluding hydrogens is 398 g/mol. The lowest BCUT2D eigenvalue weighted by atomic mass is 10.1. The summed E-state index contributed by atoms with van der Waals surface area (Å²) in [6.45, 7) is 6.46. The van der Waals surface area contributed by atoms with Gasteiger partial charge >= 0.3 is 5.97 Å². The molecule has 0 radical (unpaired) electrons. The van der Waals surface area contributed by atoms with Gasteiger partial charge in [-0.15, -0.1) is 11.8 Å². The van der Waals surface area contributed by atoms with Crippen LogP contribution in [0.4, 0.5) is 0 Å². The van der Waals surface area contributed by atoms with Crippen LogP contribution in [-0.2, 0) is 20.9 Å². The number of benzene rings is 2. The average molecular weight is 424 g/mol. The normalized spacial score (nSPS) is 14.1. The molecule has 0 saturated heterocycles. The topological polar surface area (TPSA) is 63.7 Å². The Kier molecular flexibility index (Phi) is 7.11. The molecule has 1 aliphatic rings. The van der Waals surface area contributed by atoms with Gasteiger partial charge in [-0.3, -0.25) is 14.5 Å². The van der Waals surface area contributed by atoms with Crippen LogP contribution in [0, 0.1) is 0 Å². The molecule has 0 bridgehead atoms. The minimum absolute atomic E-state index is 0.153. The van der Waals surface area contributed by atoms with Crippen LogP contribution in [0.25, 0.3) is 5.57 Å². The van der Waals surface area contributed by atoms with E-state index in [4.69, 9.17) is 4.74 Å². The quantitative estimate of drug-likeness (QED) is 0.456. The van der Waals surface area contributed by atoms with Gasteiger partial charge in [-0.1, -0.05) is 63.2 Å². The molecule has 0 fully saturated rings. The van der Waals surface area contributed by atoms with Gasteiger partial charge in [-0.2, -0.15) is 0 Å². The molecule has 5 nitrogen and oxygen atoms in total. The second kappa shape index (κ2) is 9.76. The summed E-state index contributed by atoms with van der Waals surface area (Å²) in [6.07, 6.45) is 0.760. The number of esters is 1. The van der Waals surface area contributed by atoms with Crippen molar-refractivity contribution >= 4 is 35.1 Å². The van der Waals surface area contributed by atoms with Gasteiger partial charge in [0.2, 0.25) is 0 Å². The summed E-state index contributed by atoms with van der Waals surface area (Å²) >= 11 is 1.41. The van der Waals surface area contributed by atoms with E-state index in [0.717, 1.165) is 17.5 Å². The molecule has 0 spiro atoms. The molecule has 2 aromatic rings. The van der Waals surface area contributed by atoms with Crippen molar-refractivity contribution in [2.24, 2.45) is 0 Å². The van der Waals surface area contributed by atoms with Crippen LogP contribution in [0.3, 0.4) is 0 Å². The number of thioether (sulfide) groups is 1. The van der Waals surface area contributed by atoms with E-state index in [2.05, 4.69) is 0 Å². The van der Waals surface area contributed by atoms with E-state index >= 15 is 0 Å². The van der Waals surface area contributed by atoms with E-state index in [0.29, 0.717) is 22.6 Å². The second-order valence-corrected chi connectivity index (χ2v) is 8.85. The lowest BCUT2D eigenvalue weighted by Gasteiger charge is -2.16. The molecule has 0 atom stereocenters. The molecular formula is C24H25NO4S. The maximum Gasteiger partial charge on any atom is 0.338 e. The number of hydrogen-bond donors (Lipinski definition) is 0. The van der Waals surface area contributed by atoms with Crippen molar-refractivity contribution in [1.82, 2.24) is 4.90 Å². The summed E-state index contributed by atoms with van der Waals surface area (Å²) in [4.78, 5) is 40.0. The Labute approximate surface area is 181 Å². The maximum absolute atomic E-state index is 13.2. The van der Waals surface area contributed by atoms with Gasteiger partial charge in [0.25, 0.3) is 11.8 Å². The van der Waals surface area contributed by atoms with Crippen LogP contribution in [-0.4, -0.2) is 34.5 Å². The number of carbonyl (C=O) groups is 3. The van der Waals surface area contributed by atoms with E-state index in [-0.39, 0.29) is 29.6 Å². The summed E-state index contributed by atoms with van der Waals surface area (Å²) < 4.78 is 5.13. The Hall–Kier alpha value is -2.86. The van der Waals surface area contributed by atoms with Crippen LogP contribution in [0.1, 0.15) is 48.7 Å². The van der Waals surface area contributed by atoms with Gasteiger partial charge in [0.15, 0.2) is 0 Å². The molecule has 3 rings (SSSR count). The Bertz CT molecular complexity index is 964. The largest absolute Gasteiger partial charge is 0.462 e. The van der Waals surface area contributed by atoms with Gasteiger partial charge in [-0.25, -0.2) is 4.79 Å². The molecule has 0 aliphatic carbocycles. The summed E-state index contributed by atoms with van der Waals surface area (Å²) in [5.74, 6) is -0.940. The molecule has 30 heavy (non-hydrogen) atoms. The second-order valence-electron chi connectivity index (χ2n) is 7.27. The lowest BCUT2D eigenvalue weighted by Crippen LogP contribution is -2.31. The molecule has 6 heteroatoms. The molecule has 1 heterocycles. The Balaban J connectivity index is 1.82. The molecule has 0 saturated carbocycles. The standard InChI is InChI=1S/C24H25NO4S/c1-4-14-29-24(28)19-12-10-17(11-13-19)15-25-22(26)20(18-8-6-5-7-9-18)21(23(25)27)30-16(2)3/h5-13,16H,4,14-15H2,1-3H3. The van der Waals surface area contributed by atoms with E-state index in [1.165, 1.54) is 16.7 Å². The van der Waals surface area contributed by atoms with Gasteiger partial charge in [-0.05, 0) is 29.7 Å². The number of imide groups is 1. The number of ether oxygens (including phenoxy) is 1. The van der Waals surface area contributed by atoms with Crippen LogP contribution < -0.4 is 0 Å². The first-order valence-corrected chi connectivity index (χ1v) is 10.9. The number of carbonyl (C=O) groups excluding carboxylic acids is 3. The minimum atomic E-state index is -0.375. The molecule has 0 N–H and O–H groups in total. The number of nitrogens with zero attached hydrogens (tertiary/aromatic N) is 1. The van der Waals surface area contributed by atoms with Gasteiger partial charge < -0.3 is 4.74 Å². The number of hydrogen-bond acceptors (Lipinski definition) is 5. The van der Waals surface area contributed by atoms with Crippen LogP contribution >= 0.6 is 11.8 Å². The predicted molar refractivity (Wildman–Crippen MR) is 119 cm³/mol. The third kappa shape index (κ3) is 4.82. The van der Waals surface area contributed by atoms with E-state index in [1.54, 1.807) is 24.3 Å². The fourth-order valence-electron chi connectivity index (χ4n) is 3.11. The molecule has 0 unspecified atom stereocenters. The van der Waals surface area contributed by atoms with E-state index < -0.39 is 0 Å². The highest BCUT2D eigenvalue weighted by Crippen LogP contribution is 2.38. The monoisotopic (exact) mass is 423 g/mol. The highest BCUT2D eigenvalue weighted by atomic mass is 32.2. The molecule has 156 valence electrons. The highest BCUT2D eigenvalue weighted by molar-refractivity contribution is 8.04. The fraction of sp³-hybridized carbons (Fsp3) is 0.292. The Morgan fingerprint density at radius 2 is 1.67 bits per heavy atom. The molecule has 0 aromatic heterocycles. The zero-order valence-corrected chi connectivity index (χ0v) is 18.2. The molecule has 1 aliphatic heterocycles. The maximum atomic E-state index is 13.2. The fourth-order valence-corrected chi connectivity index (χ4v) is 4.11. The van der Waals surface area contributed by atoms with Crippen LogP contribution in [0.5, 0.6) is 0 Å². The van der Waals surface area contributed by atoms with E-state index in [9.17, 15) is 14.4 Å². The van der Waals surface area contributed by atoms with Crippen LogP contribution in [0.15, 0.2) is 59.5 Å². The molecule has 2 amide bonds. The van der Waals surface area contributed by atoms with Gasteiger partial charge in [0.1, 0.15) is 0 Å². The third-order valence-electron chi connectivity index (χ3n) is 4.51. The van der Waals surface area contributed by atoms with Crippen molar-refractivity contribution in [2.75, 3.05) is 6.61 Å². The minimum Gasteiger partial charge on any atom is -0.462 e. The van der Waals surface area contributed by atoms with Crippen molar-refractivity contribution in [1.29, 1.82) is 0 Å². The van der Waals surface area contributed by atoms with Gasteiger partial charge in [0.05, 0.1) is 29.2 Å². The van der Waals surface area contributed by atoms with Crippen molar-refractivity contribution in [2.45, 2.75) is 39.0 Å². The zero-order chi connectivity index (χ0) is 21.7. The SMILES string of the molecule is CCCOC(=O)c1ccc(CN2C(=O)C(SC(C)C)=C(c3ccccc3)C2=O)cc1. The van der Waals surface area contributed by atoms with Crippen molar-refractivity contribution in [3.05, 3.63) is 76.2 Å². The summed E-state index contributed by atoms with van der Waals surface area (Å²) in [6, 6.07) is 16.1. The summed E-state index contributed by atoms with van der Waals surface area (Å²) in [5, 5.41) is 0.170. The smallest absolute Gasteiger partial charge is 0.338 e. The lowest BCUT2D eigenvalue weighted by molar-refractivity contribution is -0.137. The van der Waals surface area contributed by atoms with Crippen LogP contribution in [0.2, 0.25) is 0 Å². The average Bonchev–Trinajstić information content (AvgIpc) is 2.97. The Morgan fingerprint density at radius 3 is 2.27 bits per heavy atom. The van der Waals surface area contributed by atoms with Crippen molar-refractivity contribution in [3.8, 4) is 0 Å². The number of amides is 2. The summed E-state index contributed by atoms with van der Waals surface area (Å²) in [7, 11) is 0. The first-order chi connectivity index (χ1) is 14.4. The first-order valence-electron chi connectivity index (χ1n) is 10.0. The summed E-state index contributed by atoms with van der Waals surface area (Å²) in [5.41, 5.74) is 2.42. The Morgan fingerprint density at radius 1 is 1.00 bits per heavy atom. The van der Waals surface area contributed by atoms with Crippen molar-refractivity contribution in [3.63, 3.8) is 0 Å². The van der Waals surface area contributed by atoms with Gasteiger partial charge in [0, 0.05) is 5.25 Å². The van der Waals surface area contributed by atoms with Crippen molar-refractivity contribution < 1.29 is 19.1 Å². The first kappa shape index (κ1) is 21.8. The highest BCUT2D eigenvalue weighted by Gasteiger charge is 2.39. The molecule has 2 aromatic carbocycles.